The second-order valence-corrected chi connectivity index (χ2v) is 6.37. The minimum Gasteiger partial charge on any atom is -0.449 e. The van der Waals surface area contributed by atoms with E-state index in [9.17, 15) is 14.4 Å². The molecule has 2 aromatic rings. The van der Waals surface area contributed by atoms with Crippen LogP contribution in [-0.2, 0) is 4.74 Å². The lowest BCUT2D eigenvalue weighted by molar-refractivity contribution is -0.906. The van der Waals surface area contributed by atoms with Crippen LogP contribution >= 0.6 is 0 Å². The lowest BCUT2D eigenvalue weighted by Gasteiger charge is -2.32. The Kier molecular flexibility index (Phi) is 5.32. The minimum atomic E-state index is -0.532. The summed E-state index contributed by atoms with van der Waals surface area (Å²) in [6, 6.07) is 3.63. The van der Waals surface area contributed by atoms with Crippen LogP contribution in [0.3, 0.4) is 0 Å². The van der Waals surface area contributed by atoms with Gasteiger partial charge in [0.2, 0.25) is 5.75 Å². The van der Waals surface area contributed by atoms with Gasteiger partial charge in [-0.05, 0) is 43.5 Å². The molecule has 2 heterocycles. The minimum absolute atomic E-state index is 0.0587. The molecule has 26 heavy (non-hydrogen) atoms. The van der Waals surface area contributed by atoms with E-state index >= 15 is 0 Å². The quantitative estimate of drug-likeness (QED) is 0.652. The number of hydrogen-bond donors (Lipinski definition) is 1. The highest BCUT2D eigenvalue weighted by Gasteiger charge is 2.32. The monoisotopic (exact) mass is 362 g/mol. The van der Waals surface area contributed by atoms with E-state index in [4.69, 9.17) is 9.47 Å². The molecule has 1 fully saturated rings. The topological polar surface area (TPSA) is 75.8 Å². The van der Waals surface area contributed by atoms with Crippen molar-refractivity contribution in [2.24, 2.45) is 0 Å². The van der Waals surface area contributed by atoms with Crippen LogP contribution in [0.25, 0.3) is 0 Å². The summed E-state index contributed by atoms with van der Waals surface area (Å²) in [5.41, 5.74) is 0.110. The number of amides is 1. The van der Waals surface area contributed by atoms with Gasteiger partial charge in [0.25, 0.3) is 5.91 Å². The predicted octanol–water partition coefficient (Wildman–Crippen LogP) is 2.18. The fraction of sp³-hybridized carbons (Fsp3) is 0.389. The van der Waals surface area contributed by atoms with Crippen LogP contribution in [0.15, 0.2) is 36.9 Å². The Balaban J connectivity index is 1.94. The van der Waals surface area contributed by atoms with Gasteiger partial charge in [-0.2, -0.15) is 0 Å². The zero-order valence-corrected chi connectivity index (χ0v) is 14.6. The first-order valence-corrected chi connectivity index (χ1v) is 8.39. The molecule has 0 radical (unpaired) electrons. The summed E-state index contributed by atoms with van der Waals surface area (Å²) in [5.74, 6) is -0.453. The van der Waals surface area contributed by atoms with Gasteiger partial charge in [0, 0.05) is 12.6 Å². The molecule has 7 nitrogen and oxygen atoms in total. The van der Waals surface area contributed by atoms with Crippen LogP contribution in [-0.4, -0.2) is 46.3 Å². The molecule has 1 atom stereocenters. The molecule has 1 aromatic carbocycles. The Hall–Kier alpha value is -2.74. The third-order valence-electron chi connectivity index (χ3n) is 4.14. The van der Waals surface area contributed by atoms with Crippen molar-refractivity contribution in [3.63, 3.8) is 0 Å². The zero-order chi connectivity index (χ0) is 18.7. The molecule has 0 saturated carbocycles. The van der Waals surface area contributed by atoms with Gasteiger partial charge in [0.05, 0.1) is 18.2 Å². The Morgan fingerprint density at radius 2 is 2.31 bits per heavy atom. The summed E-state index contributed by atoms with van der Waals surface area (Å²) in [7, 11) is 0. The van der Waals surface area contributed by atoms with Gasteiger partial charge in [0.15, 0.2) is 12.4 Å². The summed E-state index contributed by atoms with van der Waals surface area (Å²) < 4.78 is 25.6. The zero-order valence-electron chi connectivity index (χ0n) is 14.6. The standard InChI is InChI=1S/C18H21FN3O4/c1-12(2)22(14-5-6-25-10-14)18(23)16-7-13(19)3-4-17(16)26-15-8-20-11-21(24)9-15/h3-4,7-9,11-12,14,24H,5-6,10H2,1-2H3/q+1/t14-/m0/s1. The van der Waals surface area contributed by atoms with Crippen molar-refractivity contribution >= 4 is 5.91 Å². The van der Waals surface area contributed by atoms with E-state index in [1.54, 1.807) is 4.90 Å². The number of carbonyl (C=O) groups excluding carboxylic acids is 1. The maximum atomic E-state index is 13.8. The number of benzene rings is 1. The highest BCUT2D eigenvalue weighted by Crippen LogP contribution is 2.28. The third kappa shape index (κ3) is 3.91. The number of hydrogen-bond acceptors (Lipinski definition) is 5. The maximum Gasteiger partial charge on any atom is 0.324 e. The molecule has 0 bridgehead atoms. The molecule has 1 amide bonds. The van der Waals surface area contributed by atoms with E-state index in [0.717, 1.165) is 17.2 Å². The van der Waals surface area contributed by atoms with Crippen molar-refractivity contribution in [1.29, 1.82) is 0 Å². The highest BCUT2D eigenvalue weighted by atomic mass is 19.1. The summed E-state index contributed by atoms with van der Waals surface area (Å²) >= 11 is 0. The molecule has 1 aromatic heterocycles. The number of halogens is 1. The molecule has 138 valence electrons. The Labute approximate surface area is 150 Å². The highest BCUT2D eigenvalue weighted by molar-refractivity contribution is 5.97. The van der Waals surface area contributed by atoms with Crippen LogP contribution < -0.4 is 9.47 Å². The maximum absolute atomic E-state index is 13.8. The lowest BCUT2D eigenvalue weighted by atomic mass is 10.1. The molecule has 0 aliphatic carbocycles. The van der Waals surface area contributed by atoms with Crippen LogP contribution in [0.1, 0.15) is 30.6 Å². The van der Waals surface area contributed by atoms with E-state index in [0.29, 0.717) is 13.2 Å². The summed E-state index contributed by atoms with van der Waals surface area (Å²) in [6.45, 7) is 4.88. The first-order valence-electron chi connectivity index (χ1n) is 8.39. The largest absolute Gasteiger partial charge is 0.449 e. The van der Waals surface area contributed by atoms with E-state index in [2.05, 4.69) is 4.98 Å². The van der Waals surface area contributed by atoms with Gasteiger partial charge in [-0.25, -0.2) is 4.39 Å². The Morgan fingerprint density at radius 1 is 1.50 bits per heavy atom. The van der Waals surface area contributed by atoms with Crippen molar-refractivity contribution in [2.45, 2.75) is 32.4 Å². The molecule has 8 heteroatoms. The second-order valence-electron chi connectivity index (χ2n) is 6.37. The number of aromatic nitrogens is 2. The van der Waals surface area contributed by atoms with Crippen molar-refractivity contribution < 1.29 is 28.6 Å². The lowest BCUT2D eigenvalue weighted by Crippen LogP contribution is -2.45. The van der Waals surface area contributed by atoms with Gasteiger partial charge in [-0.3, -0.25) is 4.79 Å². The summed E-state index contributed by atoms with van der Waals surface area (Å²) in [4.78, 5) is 18.7. The first-order chi connectivity index (χ1) is 12.5. The fourth-order valence-electron chi connectivity index (χ4n) is 3.01. The number of carbonyl (C=O) groups is 1. The van der Waals surface area contributed by atoms with Crippen molar-refractivity contribution in [2.75, 3.05) is 13.2 Å². The second kappa shape index (κ2) is 7.65. The molecule has 1 saturated heterocycles. The van der Waals surface area contributed by atoms with Crippen molar-refractivity contribution in [3.8, 4) is 11.5 Å². The molecule has 1 aliphatic heterocycles. The average molecular weight is 362 g/mol. The van der Waals surface area contributed by atoms with E-state index in [1.807, 2.05) is 13.8 Å². The molecule has 3 rings (SSSR count). The Morgan fingerprint density at radius 3 is 2.96 bits per heavy atom. The molecule has 1 aliphatic rings. The van der Waals surface area contributed by atoms with Gasteiger partial charge >= 0.3 is 6.33 Å². The fourth-order valence-corrected chi connectivity index (χ4v) is 3.01. The van der Waals surface area contributed by atoms with Crippen LogP contribution in [0, 0.1) is 5.82 Å². The van der Waals surface area contributed by atoms with Crippen LogP contribution in [0.4, 0.5) is 4.39 Å². The number of nitrogens with zero attached hydrogens (tertiary/aromatic N) is 3. The van der Waals surface area contributed by atoms with E-state index in [-0.39, 0.29) is 35.1 Å². The smallest absolute Gasteiger partial charge is 0.324 e. The number of ether oxygens (including phenoxy) is 2. The molecule has 1 N–H and O–H groups in total. The van der Waals surface area contributed by atoms with Gasteiger partial charge in [-0.15, -0.1) is 0 Å². The van der Waals surface area contributed by atoms with Gasteiger partial charge in [0.1, 0.15) is 11.6 Å². The molecule has 0 spiro atoms. The molecule has 0 unspecified atom stereocenters. The van der Waals surface area contributed by atoms with E-state index in [1.165, 1.54) is 30.9 Å². The van der Waals surface area contributed by atoms with Crippen LogP contribution in [0.5, 0.6) is 11.5 Å². The summed E-state index contributed by atoms with van der Waals surface area (Å²) in [6.07, 6.45) is 4.59. The summed E-state index contributed by atoms with van der Waals surface area (Å²) in [5, 5.41) is 9.44. The third-order valence-corrected chi connectivity index (χ3v) is 4.14. The molecular weight excluding hydrogens is 341 g/mol. The predicted molar refractivity (Wildman–Crippen MR) is 88.6 cm³/mol. The number of rotatable bonds is 5. The normalized spacial score (nSPS) is 16.7. The van der Waals surface area contributed by atoms with Crippen molar-refractivity contribution in [1.82, 2.24) is 9.88 Å². The Bertz CT molecular complexity index is 794. The SMILES string of the molecule is CC(C)N(C(=O)c1cc(F)ccc1Oc1cnc[n+](O)c1)[C@H]1CCOC1. The molecular formula is C18H21FN3O4+. The van der Waals surface area contributed by atoms with Crippen molar-refractivity contribution in [3.05, 3.63) is 48.3 Å². The van der Waals surface area contributed by atoms with Gasteiger partial charge in [-0.1, -0.05) is 4.73 Å². The first kappa shape index (κ1) is 18.1. The average Bonchev–Trinajstić information content (AvgIpc) is 3.10. The van der Waals surface area contributed by atoms with E-state index < -0.39 is 5.82 Å². The van der Waals surface area contributed by atoms with Gasteiger partial charge < -0.3 is 19.6 Å². The van der Waals surface area contributed by atoms with Crippen LogP contribution in [0.2, 0.25) is 0 Å².